The van der Waals surface area contributed by atoms with Crippen molar-refractivity contribution in [1.82, 2.24) is 9.97 Å². The van der Waals surface area contributed by atoms with E-state index in [0.29, 0.717) is 11.0 Å². The van der Waals surface area contributed by atoms with Crippen LogP contribution in [0, 0.1) is 5.92 Å². The minimum Gasteiger partial charge on any atom is -0.357 e. The van der Waals surface area contributed by atoms with Crippen LogP contribution in [-0.4, -0.2) is 30.1 Å². The molecule has 1 unspecified atom stereocenters. The predicted octanol–water partition coefficient (Wildman–Crippen LogP) is 2.80. The number of nitrogens with one attached hydrogen (secondary N) is 1. The van der Waals surface area contributed by atoms with Gasteiger partial charge in [0.1, 0.15) is 5.02 Å². The molecule has 0 aromatic carbocycles. The number of hydrogen-bond donors (Lipinski definition) is 1. The van der Waals surface area contributed by atoms with Gasteiger partial charge in [-0.3, -0.25) is 0 Å². The average molecular weight is 255 g/mol. The van der Waals surface area contributed by atoms with Crippen molar-refractivity contribution in [3.8, 4) is 0 Å². The smallest absolute Gasteiger partial charge is 0.224 e. The Morgan fingerprint density at radius 3 is 3.00 bits per heavy atom. The maximum absolute atomic E-state index is 6.18. The van der Waals surface area contributed by atoms with Crippen LogP contribution in [0.5, 0.6) is 0 Å². The molecule has 1 fully saturated rings. The quantitative estimate of drug-likeness (QED) is 0.881. The van der Waals surface area contributed by atoms with Crippen molar-refractivity contribution in [3.05, 3.63) is 11.2 Å². The second-order valence-electron chi connectivity index (χ2n) is 4.64. The van der Waals surface area contributed by atoms with E-state index in [4.69, 9.17) is 11.6 Å². The minimum atomic E-state index is 0.627. The zero-order valence-corrected chi connectivity index (χ0v) is 11.2. The Bertz CT molecular complexity index is 383. The first-order valence-corrected chi connectivity index (χ1v) is 6.53. The molecular formula is C12H19ClN4. The molecule has 17 heavy (non-hydrogen) atoms. The van der Waals surface area contributed by atoms with Gasteiger partial charge in [-0.1, -0.05) is 18.5 Å². The highest BCUT2D eigenvalue weighted by Crippen LogP contribution is 2.27. The van der Waals surface area contributed by atoms with Crippen molar-refractivity contribution >= 4 is 23.4 Å². The Balaban J connectivity index is 2.20. The summed E-state index contributed by atoms with van der Waals surface area (Å²) in [5, 5.41) is 3.59. The van der Waals surface area contributed by atoms with Crippen LogP contribution in [0.3, 0.4) is 0 Å². The molecule has 0 bridgehead atoms. The van der Waals surface area contributed by atoms with Crippen molar-refractivity contribution in [1.29, 1.82) is 0 Å². The van der Waals surface area contributed by atoms with Crippen molar-refractivity contribution in [2.75, 3.05) is 30.4 Å². The molecule has 0 radical (unpaired) electrons. The number of nitrogens with zero attached hydrogens (tertiary/aromatic N) is 3. The maximum Gasteiger partial charge on any atom is 0.224 e. The van der Waals surface area contributed by atoms with E-state index in [2.05, 4.69) is 27.1 Å². The lowest BCUT2D eigenvalue weighted by Gasteiger charge is -2.22. The molecule has 1 aliphatic heterocycles. The summed E-state index contributed by atoms with van der Waals surface area (Å²) in [5.74, 6) is 2.28. The van der Waals surface area contributed by atoms with Crippen LogP contribution in [0.4, 0.5) is 11.8 Å². The van der Waals surface area contributed by atoms with E-state index in [9.17, 15) is 0 Å². The van der Waals surface area contributed by atoms with Gasteiger partial charge in [0.25, 0.3) is 0 Å². The summed E-state index contributed by atoms with van der Waals surface area (Å²) >= 11 is 6.18. The molecule has 4 nitrogen and oxygen atoms in total. The second-order valence-corrected chi connectivity index (χ2v) is 5.05. The number of rotatable bonds is 2. The molecular weight excluding hydrogens is 236 g/mol. The van der Waals surface area contributed by atoms with E-state index in [-0.39, 0.29) is 0 Å². The van der Waals surface area contributed by atoms with E-state index in [0.717, 1.165) is 24.8 Å². The van der Waals surface area contributed by atoms with Gasteiger partial charge in [0.15, 0.2) is 5.82 Å². The second kappa shape index (κ2) is 5.54. The third kappa shape index (κ3) is 3.00. The topological polar surface area (TPSA) is 41.1 Å². The zero-order valence-electron chi connectivity index (χ0n) is 10.4. The van der Waals surface area contributed by atoms with E-state index in [1.165, 1.54) is 19.3 Å². The van der Waals surface area contributed by atoms with Crippen LogP contribution in [0.15, 0.2) is 6.20 Å². The molecule has 0 aliphatic carbocycles. The number of halogens is 1. The molecule has 1 aliphatic rings. The lowest BCUT2D eigenvalue weighted by atomic mass is 10.0. The Morgan fingerprint density at radius 1 is 1.41 bits per heavy atom. The Hall–Kier alpha value is -1.03. The fraction of sp³-hybridized carbons (Fsp3) is 0.667. The molecule has 2 heterocycles. The fourth-order valence-electron chi connectivity index (χ4n) is 2.18. The standard InChI is InChI=1S/C12H19ClN4/c1-9-4-3-6-17(7-5-9)11-10(13)8-15-12(14-2)16-11/h8-9H,3-7H2,1-2H3,(H,14,15,16). The van der Waals surface area contributed by atoms with Gasteiger partial charge in [0, 0.05) is 20.1 Å². The normalized spacial score (nSPS) is 21.1. The van der Waals surface area contributed by atoms with Gasteiger partial charge >= 0.3 is 0 Å². The minimum absolute atomic E-state index is 0.627. The number of anilines is 2. The van der Waals surface area contributed by atoms with Crippen LogP contribution in [0.1, 0.15) is 26.2 Å². The third-order valence-corrected chi connectivity index (χ3v) is 3.53. The summed E-state index contributed by atoms with van der Waals surface area (Å²) < 4.78 is 0. The van der Waals surface area contributed by atoms with Crippen molar-refractivity contribution in [2.24, 2.45) is 5.92 Å². The molecule has 94 valence electrons. The monoisotopic (exact) mass is 254 g/mol. The van der Waals surface area contributed by atoms with Crippen LogP contribution in [0.25, 0.3) is 0 Å². The summed E-state index contributed by atoms with van der Waals surface area (Å²) in [7, 11) is 1.82. The molecule has 0 saturated carbocycles. The summed E-state index contributed by atoms with van der Waals surface area (Å²) in [6.07, 6.45) is 5.37. The SMILES string of the molecule is CNc1ncc(Cl)c(N2CCCC(C)CC2)n1. The highest BCUT2D eigenvalue weighted by molar-refractivity contribution is 6.32. The van der Waals surface area contributed by atoms with Gasteiger partial charge in [0.05, 0.1) is 6.20 Å². The van der Waals surface area contributed by atoms with Crippen LogP contribution in [0.2, 0.25) is 5.02 Å². The van der Waals surface area contributed by atoms with Crippen LogP contribution in [-0.2, 0) is 0 Å². The first kappa shape index (κ1) is 12.4. The van der Waals surface area contributed by atoms with Gasteiger partial charge in [-0.05, 0) is 25.2 Å². The highest BCUT2D eigenvalue weighted by atomic mass is 35.5. The largest absolute Gasteiger partial charge is 0.357 e. The molecule has 0 spiro atoms. The van der Waals surface area contributed by atoms with Gasteiger partial charge in [0.2, 0.25) is 5.95 Å². The molecule has 1 atom stereocenters. The lowest BCUT2D eigenvalue weighted by Crippen LogP contribution is -2.25. The Kier molecular flexibility index (Phi) is 4.05. The molecule has 1 saturated heterocycles. The van der Waals surface area contributed by atoms with Gasteiger partial charge in [-0.15, -0.1) is 0 Å². The molecule has 2 rings (SSSR count). The first-order chi connectivity index (χ1) is 8.20. The van der Waals surface area contributed by atoms with Crippen LogP contribution >= 0.6 is 11.6 Å². The third-order valence-electron chi connectivity index (χ3n) is 3.27. The zero-order chi connectivity index (χ0) is 12.3. The first-order valence-electron chi connectivity index (χ1n) is 6.16. The van der Waals surface area contributed by atoms with Crippen molar-refractivity contribution in [3.63, 3.8) is 0 Å². The summed E-state index contributed by atoms with van der Waals surface area (Å²) in [6.45, 7) is 4.37. The van der Waals surface area contributed by atoms with Crippen molar-refractivity contribution < 1.29 is 0 Å². The number of hydrogen-bond acceptors (Lipinski definition) is 4. The summed E-state index contributed by atoms with van der Waals surface area (Å²) in [5.41, 5.74) is 0. The molecule has 1 aromatic rings. The molecule has 1 aromatic heterocycles. The van der Waals surface area contributed by atoms with Crippen molar-refractivity contribution in [2.45, 2.75) is 26.2 Å². The van der Waals surface area contributed by atoms with E-state index >= 15 is 0 Å². The lowest BCUT2D eigenvalue weighted by molar-refractivity contribution is 0.521. The highest BCUT2D eigenvalue weighted by Gasteiger charge is 2.18. The van der Waals surface area contributed by atoms with E-state index in [1.807, 2.05) is 7.05 Å². The maximum atomic E-state index is 6.18. The number of aromatic nitrogens is 2. The molecule has 1 N–H and O–H groups in total. The summed E-state index contributed by atoms with van der Waals surface area (Å²) in [6, 6.07) is 0. The van der Waals surface area contributed by atoms with E-state index < -0.39 is 0 Å². The Labute approximate surface area is 107 Å². The average Bonchev–Trinajstić information content (AvgIpc) is 2.55. The molecule has 0 amide bonds. The van der Waals surface area contributed by atoms with Gasteiger partial charge < -0.3 is 10.2 Å². The van der Waals surface area contributed by atoms with Gasteiger partial charge in [-0.25, -0.2) is 4.98 Å². The van der Waals surface area contributed by atoms with Gasteiger partial charge in [-0.2, -0.15) is 4.98 Å². The predicted molar refractivity (Wildman–Crippen MR) is 71.8 cm³/mol. The fourth-order valence-corrected chi connectivity index (χ4v) is 2.39. The summed E-state index contributed by atoms with van der Waals surface area (Å²) in [4.78, 5) is 10.8. The van der Waals surface area contributed by atoms with E-state index in [1.54, 1.807) is 6.20 Å². The van der Waals surface area contributed by atoms with Crippen LogP contribution < -0.4 is 10.2 Å². The Morgan fingerprint density at radius 2 is 2.24 bits per heavy atom. The molecule has 5 heteroatoms.